The number of nitrogens with two attached hydrogens (primary N) is 1. The molecule has 7 heteroatoms. The van der Waals surface area contributed by atoms with Crippen molar-refractivity contribution in [3.63, 3.8) is 0 Å². The van der Waals surface area contributed by atoms with Gasteiger partial charge in [-0.1, -0.05) is 28.1 Å². The average Bonchev–Trinajstić information content (AvgIpc) is 2.96. The van der Waals surface area contributed by atoms with Crippen LogP contribution in [0, 0.1) is 0 Å². The molecule has 21 heavy (non-hydrogen) atoms. The van der Waals surface area contributed by atoms with Crippen molar-refractivity contribution in [2.45, 2.75) is 0 Å². The van der Waals surface area contributed by atoms with E-state index in [9.17, 15) is 0 Å². The summed E-state index contributed by atoms with van der Waals surface area (Å²) in [6.45, 7) is 0. The summed E-state index contributed by atoms with van der Waals surface area (Å²) in [4.78, 5) is 0. The third-order valence-electron chi connectivity index (χ3n) is 3.04. The number of hydrogen-bond donors (Lipinski definition) is 1. The second-order valence-corrected chi connectivity index (χ2v) is 5.23. The van der Waals surface area contributed by atoms with Crippen molar-refractivity contribution >= 4 is 21.6 Å². The lowest BCUT2D eigenvalue weighted by Gasteiger charge is -2.11. The van der Waals surface area contributed by atoms with Gasteiger partial charge in [-0.2, -0.15) is 4.68 Å². The summed E-state index contributed by atoms with van der Waals surface area (Å²) in [5.41, 5.74) is 8.12. The molecule has 3 rings (SSSR count). The molecule has 0 atom stereocenters. The number of benzene rings is 2. The molecule has 0 aliphatic heterocycles. The van der Waals surface area contributed by atoms with Crippen molar-refractivity contribution in [2.24, 2.45) is 0 Å². The van der Waals surface area contributed by atoms with Gasteiger partial charge in [0, 0.05) is 15.7 Å². The Morgan fingerprint density at radius 2 is 2.00 bits per heavy atom. The average molecular weight is 346 g/mol. The van der Waals surface area contributed by atoms with Gasteiger partial charge in [-0.3, -0.25) is 0 Å². The minimum absolute atomic E-state index is 0.560. The number of rotatable bonds is 3. The van der Waals surface area contributed by atoms with Gasteiger partial charge in [-0.15, -0.1) is 5.10 Å². The van der Waals surface area contributed by atoms with Gasteiger partial charge in [-0.25, -0.2) is 0 Å². The highest BCUT2D eigenvalue weighted by Gasteiger charge is 2.16. The van der Waals surface area contributed by atoms with Crippen molar-refractivity contribution in [1.82, 2.24) is 20.2 Å². The number of para-hydroxylation sites is 1. The topological polar surface area (TPSA) is 78.8 Å². The molecule has 0 spiro atoms. The van der Waals surface area contributed by atoms with Crippen molar-refractivity contribution in [3.8, 4) is 22.8 Å². The van der Waals surface area contributed by atoms with Crippen molar-refractivity contribution in [1.29, 1.82) is 0 Å². The first kappa shape index (κ1) is 13.6. The van der Waals surface area contributed by atoms with Crippen LogP contribution in [-0.2, 0) is 0 Å². The normalized spacial score (nSPS) is 10.6. The molecule has 0 aliphatic rings. The Kier molecular flexibility index (Phi) is 3.57. The van der Waals surface area contributed by atoms with Gasteiger partial charge in [-0.05, 0) is 40.8 Å². The Morgan fingerprint density at radius 3 is 2.76 bits per heavy atom. The highest BCUT2D eigenvalue weighted by molar-refractivity contribution is 9.10. The van der Waals surface area contributed by atoms with E-state index in [1.165, 1.54) is 0 Å². The number of tetrazole rings is 1. The molecule has 0 aliphatic carbocycles. The molecule has 0 radical (unpaired) electrons. The zero-order valence-corrected chi connectivity index (χ0v) is 12.8. The Balaban J connectivity index is 2.21. The summed E-state index contributed by atoms with van der Waals surface area (Å²) in [6.07, 6.45) is 0. The van der Waals surface area contributed by atoms with Gasteiger partial charge in [0.25, 0.3) is 0 Å². The molecule has 3 aromatic rings. The minimum Gasteiger partial charge on any atom is -0.494 e. The van der Waals surface area contributed by atoms with Gasteiger partial charge in [0.15, 0.2) is 5.82 Å². The van der Waals surface area contributed by atoms with Crippen LogP contribution in [-0.4, -0.2) is 27.3 Å². The smallest absolute Gasteiger partial charge is 0.189 e. The molecule has 0 bridgehead atoms. The second-order valence-electron chi connectivity index (χ2n) is 4.32. The zero-order chi connectivity index (χ0) is 14.8. The molecule has 6 nitrogen and oxygen atoms in total. The van der Waals surface area contributed by atoms with E-state index in [0.29, 0.717) is 17.3 Å². The lowest BCUT2D eigenvalue weighted by atomic mass is 10.1. The van der Waals surface area contributed by atoms with E-state index in [2.05, 4.69) is 31.5 Å². The van der Waals surface area contributed by atoms with Crippen molar-refractivity contribution in [3.05, 3.63) is 46.9 Å². The van der Waals surface area contributed by atoms with Gasteiger partial charge in [0.1, 0.15) is 11.4 Å². The van der Waals surface area contributed by atoms with E-state index in [4.69, 9.17) is 10.5 Å². The van der Waals surface area contributed by atoms with Gasteiger partial charge < -0.3 is 10.5 Å². The van der Waals surface area contributed by atoms with Crippen LogP contribution in [0.2, 0.25) is 0 Å². The van der Waals surface area contributed by atoms with Gasteiger partial charge in [0.2, 0.25) is 0 Å². The molecule has 0 saturated heterocycles. The largest absolute Gasteiger partial charge is 0.494 e. The first-order valence-corrected chi connectivity index (χ1v) is 6.97. The molecular weight excluding hydrogens is 334 g/mol. The van der Waals surface area contributed by atoms with E-state index in [1.807, 2.05) is 42.5 Å². The third-order valence-corrected chi connectivity index (χ3v) is 3.53. The van der Waals surface area contributed by atoms with Crippen LogP contribution < -0.4 is 10.5 Å². The summed E-state index contributed by atoms with van der Waals surface area (Å²) in [5.74, 6) is 1.23. The number of hydrogen-bond acceptors (Lipinski definition) is 5. The van der Waals surface area contributed by atoms with Crippen LogP contribution in [0.3, 0.4) is 0 Å². The van der Waals surface area contributed by atoms with E-state index in [-0.39, 0.29) is 0 Å². The maximum atomic E-state index is 6.01. The van der Waals surface area contributed by atoms with Gasteiger partial charge >= 0.3 is 0 Å². The van der Waals surface area contributed by atoms with Crippen LogP contribution in [0.4, 0.5) is 5.69 Å². The fourth-order valence-electron chi connectivity index (χ4n) is 2.05. The van der Waals surface area contributed by atoms with E-state index >= 15 is 0 Å². The molecule has 0 amide bonds. The lowest BCUT2D eigenvalue weighted by Crippen LogP contribution is -2.03. The quantitative estimate of drug-likeness (QED) is 0.738. The first-order valence-electron chi connectivity index (χ1n) is 6.18. The number of methoxy groups -OCH3 is 1. The van der Waals surface area contributed by atoms with Gasteiger partial charge in [0.05, 0.1) is 7.11 Å². The zero-order valence-electron chi connectivity index (χ0n) is 11.2. The SMILES string of the molecule is COc1ccc(Br)cc1-n1nnnc1-c1ccccc1N. The number of aromatic nitrogens is 4. The molecule has 2 N–H and O–H groups in total. The Morgan fingerprint density at radius 1 is 1.19 bits per heavy atom. The lowest BCUT2D eigenvalue weighted by molar-refractivity contribution is 0.411. The number of anilines is 1. The van der Waals surface area contributed by atoms with Crippen LogP contribution in [0.1, 0.15) is 0 Å². The maximum absolute atomic E-state index is 6.01. The van der Waals surface area contributed by atoms with Crippen LogP contribution in [0.15, 0.2) is 46.9 Å². The number of halogens is 1. The van der Waals surface area contributed by atoms with Crippen LogP contribution >= 0.6 is 15.9 Å². The standard InChI is InChI=1S/C14H12BrN5O/c1-21-13-7-6-9(15)8-12(13)20-14(17-18-19-20)10-4-2-3-5-11(10)16/h2-8H,16H2,1H3. The van der Waals surface area contributed by atoms with Crippen molar-refractivity contribution < 1.29 is 4.74 Å². The highest BCUT2D eigenvalue weighted by Crippen LogP contribution is 2.30. The molecular formula is C14H12BrN5O. The molecule has 0 unspecified atom stereocenters. The second kappa shape index (κ2) is 5.53. The maximum Gasteiger partial charge on any atom is 0.189 e. The summed E-state index contributed by atoms with van der Waals surface area (Å²) in [5, 5.41) is 11.9. The molecule has 2 aromatic carbocycles. The summed E-state index contributed by atoms with van der Waals surface area (Å²) in [6, 6.07) is 13.1. The summed E-state index contributed by atoms with van der Waals surface area (Å²) < 4.78 is 7.89. The predicted octanol–water partition coefficient (Wildman–Crippen LogP) is 2.68. The van der Waals surface area contributed by atoms with Crippen LogP contribution in [0.25, 0.3) is 17.1 Å². The fourth-order valence-corrected chi connectivity index (χ4v) is 2.40. The summed E-state index contributed by atoms with van der Waals surface area (Å²) in [7, 11) is 1.60. The predicted molar refractivity (Wildman–Crippen MR) is 83.3 cm³/mol. The Bertz CT molecular complexity index is 787. The first-order chi connectivity index (χ1) is 10.2. The summed E-state index contributed by atoms with van der Waals surface area (Å²) >= 11 is 3.44. The van der Waals surface area contributed by atoms with Crippen LogP contribution in [0.5, 0.6) is 5.75 Å². The van der Waals surface area contributed by atoms with E-state index < -0.39 is 0 Å². The molecule has 106 valence electrons. The molecule has 1 aromatic heterocycles. The minimum atomic E-state index is 0.560. The number of nitrogen functional groups attached to an aromatic ring is 1. The third kappa shape index (κ3) is 2.47. The Labute approximate surface area is 129 Å². The molecule has 0 saturated carbocycles. The van der Waals surface area contributed by atoms with Crippen molar-refractivity contribution in [2.75, 3.05) is 12.8 Å². The van der Waals surface area contributed by atoms with E-state index in [0.717, 1.165) is 15.7 Å². The van der Waals surface area contributed by atoms with E-state index in [1.54, 1.807) is 11.8 Å². The number of ether oxygens (including phenoxy) is 1. The molecule has 0 fully saturated rings. The Hall–Kier alpha value is -2.41. The number of nitrogens with zero attached hydrogens (tertiary/aromatic N) is 4. The highest BCUT2D eigenvalue weighted by atomic mass is 79.9. The fraction of sp³-hybridized carbons (Fsp3) is 0.0714. The monoisotopic (exact) mass is 345 g/mol. The molecule has 1 heterocycles.